The lowest BCUT2D eigenvalue weighted by Crippen LogP contribution is -1.93. The van der Waals surface area contributed by atoms with E-state index in [2.05, 4.69) is 33.4 Å². The zero-order chi connectivity index (χ0) is 7.02. The highest BCUT2D eigenvalue weighted by Crippen LogP contribution is 2.37. The predicted molar refractivity (Wildman–Crippen MR) is 41.2 cm³/mol. The second kappa shape index (κ2) is 2.02. The molecule has 1 aliphatic rings. The van der Waals surface area contributed by atoms with Crippen LogP contribution in [-0.4, -0.2) is 0 Å². The van der Waals surface area contributed by atoms with E-state index in [-0.39, 0.29) is 0 Å². The smallest absolute Gasteiger partial charge is 0.00209 e. The average molecular weight is 122 g/mol. The lowest BCUT2D eigenvalue weighted by Gasteiger charge is -2.06. The highest BCUT2D eigenvalue weighted by Gasteiger charge is 2.24. The Morgan fingerprint density at radius 1 is 1.78 bits per heavy atom. The first-order valence-electron chi connectivity index (χ1n) is 3.50. The van der Waals surface area contributed by atoms with Crippen molar-refractivity contribution in [2.45, 2.75) is 20.8 Å². The Hall–Kier alpha value is -0.520. The molecular formula is C9H14. The second-order valence-corrected chi connectivity index (χ2v) is 3.02. The van der Waals surface area contributed by atoms with Crippen LogP contribution >= 0.6 is 0 Å². The molecule has 0 bridgehead atoms. The van der Waals surface area contributed by atoms with Crippen LogP contribution in [0.15, 0.2) is 23.8 Å². The molecule has 0 aromatic carbocycles. The topological polar surface area (TPSA) is 0 Å². The summed E-state index contributed by atoms with van der Waals surface area (Å²) in [6.07, 6.45) is 2.30. The molecule has 0 spiro atoms. The summed E-state index contributed by atoms with van der Waals surface area (Å²) >= 11 is 0. The van der Waals surface area contributed by atoms with Crippen molar-refractivity contribution in [3.8, 4) is 0 Å². The fourth-order valence-corrected chi connectivity index (χ4v) is 1.06. The monoisotopic (exact) mass is 122 g/mol. The Morgan fingerprint density at radius 3 is 2.33 bits per heavy atom. The summed E-state index contributed by atoms with van der Waals surface area (Å²) in [7, 11) is 0. The Labute approximate surface area is 57.3 Å². The third-order valence-electron chi connectivity index (χ3n) is 2.10. The summed E-state index contributed by atoms with van der Waals surface area (Å²) in [6, 6.07) is 0. The third-order valence-corrected chi connectivity index (χ3v) is 2.10. The lowest BCUT2D eigenvalue weighted by atomic mass is 9.99. The van der Waals surface area contributed by atoms with Gasteiger partial charge in [-0.2, -0.15) is 0 Å². The maximum Gasteiger partial charge on any atom is -0.00209 e. The van der Waals surface area contributed by atoms with Gasteiger partial charge in [0.2, 0.25) is 0 Å². The zero-order valence-corrected chi connectivity index (χ0v) is 6.44. The van der Waals surface area contributed by atoms with Crippen LogP contribution in [0.25, 0.3) is 0 Å². The second-order valence-electron chi connectivity index (χ2n) is 3.02. The minimum absolute atomic E-state index is 0.625. The molecule has 1 aliphatic carbocycles. The molecule has 0 fully saturated rings. The van der Waals surface area contributed by atoms with E-state index in [4.69, 9.17) is 0 Å². The van der Waals surface area contributed by atoms with Crippen molar-refractivity contribution in [3.05, 3.63) is 23.8 Å². The van der Waals surface area contributed by atoms with Crippen molar-refractivity contribution in [1.82, 2.24) is 0 Å². The van der Waals surface area contributed by atoms with E-state index in [0.717, 1.165) is 5.92 Å². The van der Waals surface area contributed by atoms with Crippen LogP contribution in [0.4, 0.5) is 0 Å². The van der Waals surface area contributed by atoms with E-state index < -0.39 is 0 Å². The van der Waals surface area contributed by atoms with E-state index >= 15 is 0 Å². The molecule has 2 atom stereocenters. The quantitative estimate of drug-likeness (QED) is 0.494. The first-order chi connectivity index (χ1) is 4.13. The molecule has 1 rings (SSSR count). The minimum atomic E-state index is 0.625. The van der Waals surface area contributed by atoms with Gasteiger partial charge in [0.05, 0.1) is 0 Å². The first kappa shape index (κ1) is 6.60. The predicted octanol–water partition coefficient (Wildman–Crippen LogP) is 2.77. The van der Waals surface area contributed by atoms with Gasteiger partial charge in [0.25, 0.3) is 0 Å². The third kappa shape index (κ3) is 1.24. The van der Waals surface area contributed by atoms with Crippen molar-refractivity contribution >= 4 is 0 Å². The van der Waals surface area contributed by atoms with Gasteiger partial charge in [-0.25, -0.2) is 0 Å². The number of hydrogen-bond donors (Lipinski definition) is 0. The summed E-state index contributed by atoms with van der Waals surface area (Å²) < 4.78 is 0. The Kier molecular flexibility index (Phi) is 1.48. The lowest BCUT2D eigenvalue weighted by molar-refractivity contribution is 0.781. The van der Waals surface area contributed by atoms with Crippen molar-refractivity contribution in [1.29, 1.82) is 0 Å². The molecule has 0 saturated carbocycles. The molecule has 2 unspecified atom stereocenters. The highest BCUT2D eigenvalue weighted by atomic mass is 14.3. The van der Waals surface area contributed by atoms with Crippen molar-refractivity contribution in [3.63, 3.8) is 0 Å². The first-order valence-corrected chi connectivity index (χ1v) is 3.50. The van der Waals surface area contributed by atoms with Crippen molar-refractivity contribution in [2.24, 2.45) is 11.8 Å². The molecule has 0 aromatic rings. The standard InChI is InChI=1S/C9H14/c1-6(2)8(4)9-5-7(9)3/h5,7-8H,1H2,2-4H3. The fraction of sp³-hybridized carbons (Fsp3) is 0.556. The van der Waals surface area contributed by atoms with Crippen LogP contribution in [0, 0.1) is 11.8 Å². The highest BCUT2D eigenvalue weighted by molar-refractivity contribution is 5.34. The van der Waals surface area contributed by atoms with E-state index in [1.165, 1.54) is 5.57 Å². The van der Waals surface area contributed by atoms with Gasteiger partial charge in [0.15, 0.2) is 0 Å². The summed E-state index contributed by atoms with van der Waals surface area (Å²) in [5.41, 5.74) is 2.85. The average Bonchev–Trinajstić information content (AvgIpc) is 2.44. The summed E-state index contributed by atoms with van der Waals surface area (Å²) in [4.78, 5) is 0. The number of hydrogen-bond acceptors (Lipinski definition) is 0. The number of rotatable bonds is 2. The van der Waals surface area contributed by atoms with Crippen LogP contribution < -0.4 is 0 Å². The molecule has 0 radical (unpaired) electrons. The van der Waals surface area contributed by atoms with E-state index in [9.17, 15) is 0 Å². The number of allylic oxidation sites excluding steroid dienone is 3. The maximum absolute atomic E-state index is 3.91. The van der Waals surface area contributed by atoms with Gasteiger partial charge < -0.3 is 0 Å². The zero-order valence-electron chi connectivity index (χ0n) is 6.44. The molecule has 0 heterocycles. The molecule has 0 saturated heterocycles. The largest absolute Gasteiger partial charge is 0.0995 e. The van der Waals surface area contributed by atoms with Gasteiger partial charge in [0, 0.05) is 0 Å². The fourth-order valence-electron chi connectivity index (χ4n) is 1.06. The van der Waals surface area contributed by atoms with Crippen LogP contribution in [-0.2, 0) is 0 Å². The summed E-state index contributed by atoms with van der Waals surface area (Å²) in [6.45, 7) is 10.5. The maximum atomic E-state index is 3.91. The van der Waals surface area contributed by atoms with Gasteiger partial charge >= 0.3 is 0 Å². The summed E-state index contributed by atoms with van der Waals surface area (Å²) in [5, 5.41) is 0. The van der Waals surface area contributed by atoms with Gasteiger partial charge in [-0.3, -0.25) is 0 Å². The molecule has 0 nitrogen and oxygen atoms in total. The van der Waals surface area contributed by atoms with Crippen LogP contribution in [0.5, 0.6) is 0 Å². The molecule has 0 aliphatic heterocycles. The SMILES string of the molecule is C=C(C)C(C)C1=CC1C. The Bertz CT molecular complexity index is 163. The molecule has 0 N–H and O–H groups in total. The Balaban J connectivity index is 2.45. The van der Waals surface area contributed by atoms with Crippen molar-refractivity contribution in [2.75, 3.05) is 0 Å². The van der Waals surface area contributed by atoms with Gasteiger partial charge in [0.1, 0.15) is 0 Å². The summed E-state index contributed by atoms with van der Waals surface area (Å²) in [5.74, 6) is 1.39. The van der Waals surface area contributed by atoms with Crippen molar-refractivity contribution < 1.29 is 0 Å². The molecular weight excluding hydrogens is 108 g/mol. The molecule has 0 aromatic heterocycles. The molecule has 0 amide bonds. The van der Waals surface area contributed by atoms with Crippen LogP contribution in [0.1, 0.15) is 20.8 Å². The normalized spacial score (nSPS) is 27.0. The van der Waals surface area contributed by atoms with E-state index in [1.54, 1.807) is 5.57 Å². The van der Waals surface area contributed by atoms with Gasteiger partial charge in [-0.05, 0) is 18.8 Å². The van der Waals surface area contributed by atoms with Gasteiger partial charge in [-0.1, -0.05) is 37.6 Å². The van der Waals surface area contributed by atoms with Gasteiger partial charge in [-0.15, -0.1) is 0 Å². The van der Waals surface area contributed by atoms with Crippen LogP contribution in [0.2, 0.25) is 0 Å². The van der Waals surface area contributed by atoms with E-state index in [0.29, 0.717) is 5.92 Å². The molecule has 9 heavy (non-hydrogen) atoms. The molecule has 50 valence electrons. The van der Waals surface area contributed by atoms with E-state index in [1.807, 2.05) is 0 Å². The molecule has 0 heteroatoms. The minimum Gasteiger partial charge on any atom is -0.0995 e. The van der Waals surface area contributed by atoms with Crippen LogP contribution in [0.3, 0.4) is 0 Å². The Morgan fingerprint density at radius 2 is 2.22 bits per heavy atom.